The van der Waals surface area contributed by atoms with Crippen molar-refractivity contribution in [2.75, 3.05) is 11.9 Å². The van der Waals surface area contributed by atoms with Crippen molar-refractivity contribution in [2.24, 2.45) is 11.1 Å². The highest BCUT2D eigenvalue weighted by Crippen LogP contribution is 2.14. The first-order chi connectivity index (χ1) is 6.92. The molecule has 6 heteroatoms. The summed E-state index contributed by atoms with van der Waals surface area (Å²) in [7, 11) is 0. The number of hydrogen-bond acceptors (Lipinski definition) is 4. The first kappa shape index (κ1) is 11.2. The summed E-state index contributed by atoms with van der Waals surface area (Å²) in [5.41, 5.74) is 4.27. The Balaban J connectivity index is 2.65. The van der Waals surface area contributed by atoms with Crippen molar-refractivity contribution in [1.82, 2.24) is 9.97 Å². The van der Waals surface area contributed by atoms with Crippen LogP contribution in [0.5, 0.6) is 0 Å². The number of nitrogens with two attached hydrogens (primary N) is 1. The van der Waals surface area contributed by atoms with Crippen LogP contribution in [0.2, 0.25) is 0 Å². The molecule has 15 heavy (non-hydrogen) atoms. The van der Waals surface area contributed by atoms with Gasteiger partial charge in [-0.2, -0.15) is 0 Å². The summed E-state index contributed by atoms with van der Waals surface area (Å²) in [5.74, 6) is 0.0212. The Morgan fingerprint density at radius 3 is 2.87 bits per heavy atom. The van der Waals surface area contributed by atoms with Crippen molar-refractivity contribution in [3.63, 3.8) is 0 Å². The second kappa shape index (κ2) is 4.12. The van der Waals surface area contributed by atoms with Crippen molar-refractivity contribution < 1.29 is 4.79 Å². The molecule has 4 N–H and O–H groups in total. The molecule has 0 saturated carbocycles. The van der Waals surface area contributed by atoms with Gasteiger partial charge in [-0.3, -0.25) is 9.59 Å². The minimum Gasteiger partial charge on any atom is -0.369 e. The van der Waals surface area contributed by atoms with Crippen LogP contribution in [0.1, 0.15) is 13.8 Å². The van der Waals surface area contributed by atoms with Gasteiger partial charge in [0.05, 0.1) is 11.7 Å². The molecule has 0 aliphatic rings. The number of nitrogens with one attached hydrogen (secondary N) is 2. The predicted octanol–water partition coefficient (Wildman–Crippen LogP) is -0.307. The molecule has 0 spiro atoms. The Hall–Kier alpha value is -1.85. The zero-order valence-corrected chi connectivity index (χ0v) is 8.70. The molecule has 0 radical (unpaired) electrons. The summed E-state index contributed by atoms with van der Waals surface area (Å²) in [5, 5.41) is 2.88. The van der Waals surface area contributed by atoms with Gasteiger partial charge < -0.3 is 16.0 Å². The molecule has 0 fully saturated rings. The summed E-state index contributed by atoms with van der Waals surface area (Å²) in [6.45, 7) is 3.77. The minimum absolute atomic E-state index is 0.246. The van der Waals surface area contributed by atoms with E-state index in [0.717, 1.165) is 0 Å². The van der Waals surface area contributed by atoms with Crippen molar-refractivity contribution in [3.05, 3.63) is 22.7 Å². The monoisotopic (exact) mass is 210 g/mol. The highest BCUT2D eigenvalue weighted by molar-refractivity contribution is 5.80. The number of H-pyrrole nitrogens is 1. The number of amides is 1. The van der Waals surface area contributed by atoms with Crippen LogP contribution in [0.4, 0.5) is 5.82 Å². The summed E-state index contributed by atoms with van der Waals surface area (Å²) >= 11 is 0. The number of hydrogen-bond donors (Lipinski definition) is 3. The number of primary amides is 1. The zero-order valence-electron chi connectivity index (χ0n) is 8.70. The SMILES string of the molecule is CC(C)(CNc1cc(=O)[nH]cn1)C(N)=O. The van der Waals surface area contributed by atoms with E-state index in [2.05, 4.69) is 15.3 Å². The largest absolute Gasteiger partial charge is 0.369 e. The van der Waals surface area contributed by atoms with E-state index in [0.29, 0.717) is 12.4 Å². The maximum Gasteiger partial charge on any atom is 0.252 e. The first-order valence-electron chi connectivity index (χ1n) is 4.50. The number of carbonyl (C=O) groups excluding carboxylic acids is 1. The van der Waals surface area contributed by atoms with Crippen LogP contribution in [0.25, 0.3) is 0 Å². The lowest BCUT2D eigenvalue weighted by Crippen LogP contribution is -2.37. The average Bonchev–Trinajstić information content (AvgIpc) is 2.15. The molecule has 1 aromatic heterocycles. The van der Waals surface area contributed by atoms with Crippen molar-refractivity contribution in [1.29, 1.82) is 0 Å². The number of rotatable bonds is 4. The molecule has 1 heterocycles. The molecule has 82 valence electrons. The topological polar surface area (TPSA) is 101 Å². The lowest BCUT2D eigenvalue weighted by molar-refractivity contribution is -0.125. The highest BCUT2D eigenvalue weighted by Gasteiger charge is 2.24. The van der Waals surface area contributed by atoms with Gasteiger partial charge in [0.2, 0.25) is 5.91 Å². The molecule has 0 unspecified atom stereocenters. The highest BCUT2D eigenvalue weighted by atomic mass is 16.1. The smallest absolute Gasteiger partial charge is 0.252 e. The van der Waals surface area contributed by atoms with Gasteiger partial charge in [0.1, 0.15) is 5.82 Å². The van der Waals surface area contributed by atoms with Crippen LogP contribution < -0.4 is 16.6 Å². The summed E-state index contributed by atoms with van der Waals surface area (Å²) in [4.78, 5) is 28.2. The zero-order chi connectivity index (χ0) is 11.5. The Morgan fingerprint density at radius 2 is 2.33 bits per heavy atom. The van der Waals surface area contributed by atoms with Crippen molar-refractivity contribution in [2.45, 2.75) is 13.8 Å². The molecule has 1 aromatic rings. The molecule has 0 aromatic carbocycles. The van der Waals surface area contributed by atoms with E-state index in [9.17, 15) is 9.59 Å². The number of anilines is 1. The average molecular weight is 210 g/mol. The molecule has 0 atom stereocenters. The van der Waals surface area contributed by atoms with E-state index >= 15 is 0 Å². The van der Waals surface area contributed by atoms with Gasteiger partial charge in [0.25, 0.3) is 5.56 Å². The van der Waals surface area contributed by atoms with Gasteiger partial charge in [-0.1, -0.05) is 0 Å². The molecule has 0 bridgehead atoms. The van der Waals surface area contributed by atoms with E-state index in [1.165, 1.54) is 12.4 Å². The normalized spacial score (nSPS) is 11.1. The third-order valence-corrected chi connectivity index (χ3v) is 2.06. The van der Waals surface area contributed by atoms with Crippen molar-refractivity contribution in [3.8, 4) is 0 Å². The van der Waals surface area contributed by atoms with Crippen LogP contribution in [0.15, 0.2) is 17.2 Å². The number of carbonyl (C=O) groups is 1. The van der Waals surface area contributed by atoms with Crippen LogP contribution in [-0.2, 0) is 4.79 Å². The molecule has 1 amide bonds. The maximum atomic E-state index is 11.0. The van der Waals surface area contributed by atoms with Crippen LogP contribution in [-0.4, -0.2) is 22.4 Å². The summed E-state index contributed by atoms with van der Waals surface area (Å²) < 4.78 is 0. The number of aromatic nitrogens is 2. The Bertz CT molecular complexity index is 411. The van der Waals surface area contributed by atoms with Gasteiger partial charge in [-0.15, -0.1) is 0 Å². The van der Waals surface area contributed by atoms with Crippen LogP contribution in [0, 0.1) is 5.41 Å². The fraction of sp³-hybridized carbons (Fsp3) is 0.444. The Kier molecular flexibility index (Phi) is 3.08. The fourth-order valence-electron chi connectivity index (χ4n) is 0.864. The van der Waals surface area contributed by atoms with Crippen LogP contribution >= 0.6 is 0 Å². The van der Waals surface area contributed by atoms with Gasteiger partial charge in [-0.25, -0.2) is 4.98 Å². The molecule has 0 saturated heterocycles. The summed E-state index contributed by atoms with van der Waals surface area (Å²) in [6, 6.07) is 1.32. The predicted molar refractivity (Wildman–Crippen MR) is 56.3 cm³/mol. The molecule has 0 aliphatic carbocycles. The van der Waals surface area contributed by atoms with Gasteiger partial charge >= 0.3 is 0 Å². The second-order valence-corrected chi connectivity index (χ2v) is 3.90. The van der Waals surface area contributed by atoms with Gasteiger partial charge in [0.15, 0.2) is 0 Å². The fourth-order valence-corrected chi connectivity index (χ4v) is 0.864. The van der Waals surface area contributed by atoms with E-state index < -0.39 is 11.3 Å². The standard InChI is InChI=1S/C9H14N4O2/c1-9(2,8(10)15)4-11-6-3-7(14)13-5-12-6/h3,5H,4H2,1-2H3,(H2,10,15)(H2,11,12,13,14). The van der Waals surface area contributed by atoms with E-state index in [1.54, 1.807) is 13.8 Å². The third kappa shape index (κ3) is 3.08. The lowest BCUT2D eigenvalue weighted by atomic mass is 9.93. The molecule has 6 nitrogen and oxygen atoms in total. The quantitative estimate of drug-likeness (QED) is 0.634. The number of nitrogens with zero attached hydrogens (tertiary/aromatic N) is 1. The number of aromatic amines is 1. The Morgan fingerprint density at radius 1 is 1.67 bits per heavy atom. The van der Waals surface area contributed by atoms with Crippen molar-refractivity contribution >= 4 is 11.7 Å². The third-order valence-electron chi connectivity index (χ3n) is 2.06. The van der Waals surface area contributed by atoms with Gasteiger partial charge in [0, 0.05) is 12.6 Å². The molecule has 0 aliphatic heterocycles. The lowest BCUT2D eigenvalue weighted by Gasteiger charge is -2.20. The van der Waals surface area contributed by atoms with E-state index in [-0.39, 0.29) is 5.56 Å². The molecular weight excluding hydrogens is 196 g/mol. The molecule has 1 rings (SSSR count). The van der Waals surface area contributed by atoms with Gasteiger partial charge in [-0.05, 0) is 13.8 Å². The van der Waals surface area contributed by atoms with Crippen LogP contribution in [0.3, 0.4) is 0 Å². The Labute approximate surface area is 86.9 Å². The maximum absolute atomic E-state index is 11.0. The first-order valence-corrected chi connectivity index (χ1v) is 4.50. The van der Waals surface area contributed by atoms with E-state index in [4.69, 9.17) is 5.73 Å². The van der Waals surface area contributed by atoms with E-state index in [1.807, 2.05) is 0 Å². The molecular formula is C9H14N4O2. The summed E-state index contributed by atoms with van der Waals surface area (Å²) in [6.07, 6.45) is 1.29. The second-order valence-electron chi connectivity index (χ2n) is 3.90. The minimum atomic E-state index is -0.676.